The SMILES string of the molecule is O=S1(=O)CCC(N=Cc2cn(-c3ccccc3)nc2-c2ccccc2)C1. The number of aliphatic imine (C=N–C) groups is 1. The largest absolute Gasteiger partial charge is 0.288 e. The van der Waals surface area contributed by atoms with Gasteiger partial charge in [0.1, 0.15) is 5.69 Å². The molecule has 26 heavy (non-hydrogen) atoms. The van der Waals surface area contributed by atoms with E-state index < -0.39 is 9.84 Å². The first kappa shape index (κ1) is 16.7. The molecule has 4 rings (SSSR count). The molecule has 1 unspecified atom stereocenters. The van der Waals surface area contributed by atoms with E-state index in [0.717, 1.165) is 22.5 Å². The number of hydrogen-bond donors (Lipinski definition) is 0. The molecule has 132 valence electrons. The van der Waals surface area contributed by atoms with Crippen molar-refractivity contribution < 1.29 is 8.42 Å². The third kappa shape index (κ3) is 3.60. The van der Waals surface area contributed by atoms with Crippen molar-refractivity contribution in [1.82, 2.24) is 9.78 Å². The summed E-state index contributed by atoms with van der Waals surface area (Å²) in [7, 11) is -2.93. The zero-order valence-electron chi connectivity index (χ0n) is 14.2. The molecule has 1 fully saturated rings. The van der Waals surface area contributed by atoms with Gasteiger partial charge in [0.05, 0.1) is 23.2 Å². The highest BCUT2D eigenvalue weighted by Gasteiger charge is 2.27. The van der Waals surface area contributed by atoms with E-state index in [1.807, 2.05) is 71.5 Å². The van der Waals surface area contributed by atoms with Crippen molar-refractivity contribution >= 4 is 16.1 Å². The van der Waals surface area contributed by atoms with E-state index in [9.17, 15) is 8.42 Å². The summed E-state index contributed by atoms with van der Waals surface area (Å²) >= 11 is 0. The van der Waals surface area contributed by atoms with Gasteiger partial charge in [-0.3, -0.25) is 4.99 Å². The molecule has 5 nitrogen and oxygen atoms in total. The fraction of sp³-hybridized carbons (Fsp3) is 0.200. The molecular weight excluding hydrogens is 346 g/mol. The lowest BCUT2D eigenvalue weighted by molar-refractivity contribution is 0.601. The second-order valence-corrected chi connectivity index (χ2v) is 8.64. The molecule has 0 amide bonds. The van der Waals surface area contributed by atoms with E-state index in [1.165, 1.54) is 0 Å². The van der Waals surface area contributed by atoms with Gasteiger partial charge in [-0.25, -0.2) is 13.1 Å². The maximum Gasteiger partial charge on any atom is 0.152 e. The van der Waals surface area contributed by atoms with Crippen LogP contribution in [-0.4, -0.2) is 42.0 Å². The van der Waals surface area contributed by atoms with E-state index in [2.05, 4.69) is 4.99 Å². The summed E-state index contributed by atoms with van der Waals surface area (Å²) in [4.78, 5) is 4.52. The Hall–Kier alpha value is -2.73. The van der Waals surface area contributed by atoms with Gasteiger partial charge >= 0.3 is 0 Å². The molecule has 0 N–H and O–H groups in total. The van der Waals surface area contributed by atoms with E-state index in [4.69, 9.17) is 5.10 Å². The average molecular weight is 365 g/mol. The van der Waals surface area contributed by atoms with Gasteiger partial charge in [0.15, 0.2) is 9.84 Å². The van der Waals surface area contributed by atoms with Crippen LogP contribution in [0.3, 0.4) is 0 Å². The number of aromatic nitrogens is 2. The molecular formula is C20H19N3O2S. The highest BCUT2D eigenvalue weighted by molar-refractivity contribution is 7.91. The molecule has 0 spiro atoms. The summed E-state index contributed by atoms with van der Waals surface area (Å²) in [6.07, 6.45) is 4.29. The molecule has 3 aromatic rings. The third-order valence-electron chi connectivity index (χ3n) is 4.44. The molecule has 0 aliphatic carbocycles. The lowest BCUT2D eigenvalue weighted by Crippen LogP contribution is -2.07. The van der Waals surface area contributed by atoms with Gasteiger partial charge in [0.25, 0.3) is 0 Å². The smallest absolute Gasteiger partial charge is 0.152 e. The van der Waals surface area contributed by atoms with Gasteiger partial charge in [0.2, 0.25) is 0 Å². The molecule has 1 atom stereocenters. The van der Waals surface area contributed by atoms with Crippen molar-refractivity contribution in [1.29, 1.82) is 0 Å². The van der Waals surface area contributed by atoms with Crippen molar-refractivity contribution in [2.75, 3.05) is 11.5 Å². The molecule has 6 heteroatoms. The van der Waals surface area contributed by atoms with Crippen LogP contribution in [0.25, 0.3) is 16.9 Å². The van der Waals surface area contributed by atoms with Crippen LogP contribution >= 0.6 is 0 Å². The number of para-hydroxylation sites is 1. The predicted octanol–water partition coefficient (Wildman–Crippen LogP) is 3.15. The third-order valence-corrected chi connectivity index (χ3v) is 6.19. The van der Waals surface area contributed by atoms with Gasteiger partial charge in [-0.2, -0.15) is 5.10 Å². The lowest BCUT2D eigenvalue weighted by atomic mass is 10.1. The zero-order valence-corrected chi connectivity index (χ0v) is 15.0. The Morgan fingerprint density at radius 3 is 2.38 bits per heavy atom. The van der Waals surface area contributed by atoms with Crippen LogP contribution < -0.4 is 0 Å². The van der Waals surface area contributed by atoms with E-state index in [0.29, 0.717) is 6.42 Å². The molecule has 1 aliphatic rings. The van der Waals surface area contributed by atoms with Crippen LogP contribution in [0.1, 0.15) is 12.0 Å². The molecule has 1 aliphatic heterocycles. The van der Waals surface area contributed by atoms with Crippen LogP contribution in [0.4, 0.5) is 0 Å². The quantitative estimate of drug-likeness (QED) is 0.667. The lowest BCUT2D eigenvalue weighted by Gasteiger charge is -2.00. The van der Waals surface area contributed by atoms with Crippen LogP contribution in [-0.2, 0) is 9.84 Å². The normalized spacial score (nSPS) is 19.2. The minimum atomic E-state index is -2.93. The monoisotopic (exact) mass is 365 g/mol. The number of benzene rings is 2. The Balaban J connectivity index is 1.71. The Kier molecular flexibility index (Phi) is 4.42. The second kappa shape index (κ2) is 6.88. The first-order valence-electron chi connectivity index (χ1n) is 8.55. The minimum Gasteiger partial charge on any atom is -0.288 e. The van der Waals surface area contributed by atoms with Gasteiger partial charge in [-0.15, -0.1) is 0 Å². The highest BCUT2D eigenvalue weighted by Crippen LogP contribution is 2.23. The molecule has 2 heterocycles. The number of sulfone groups is 1. The summed E-state index contributed by atoms with van der Waals surface area (Å²) < 4.78 is 25.1. The van der Waals surface area contributed by atoms with E-state index in [1.54, 1.807) is 6.21 Å². The molecule has 1 saturated heterocycles. The summed E-state index contributed by atoms with van der Waals surface area (Å²) in [5, 5.41) is 4.73. The first-order valence-corrected chi connectivity index (χ1v) is 10.4. The van der Waals surface area contributed by atoms with Gasteiger partial charge < -0.3 is 0 Å². The molecule has 0 radical (unpaired) electrons. The topological polar surface area (TPSA) is 64.3 Å². The number of hydrogen-bond acceptors (Lipinski definition) is 4. The Morgan fingerprint density at radius 1 is 1.04 bits per heavy atom. The van der Waals surface area contributed by atoms with E-state index >= 15 is 0 Å². The molecule has 0 saturated carbocycles. The summed E-state index contributed by atoms with van der Waals surface area (Å²) in [6, 6.07) is 19.7. The van der Waals surface area contributed by atoms with Crippen molar-refractivity contribution in [3.8, 4) is 16.9 Å². The van der Waals surface area contributed by atoms with Gasteiger partial charge in [0, 0.05) is 23.5 Å². The van der Waals surface area contributed by atoms with Gasteiger partial charge in [-0.1, -0.05) is 48.5 Å². The first-order chi connectivity index (χ1) is 12.6. The maximum atomic E-state index is 11.6. The number of rotatable bonds is 4. The maximum absolute atomic E-state index is 11.6. The molecule has 2 aromatic carbocycles. The fourth-order valence-electron chi connectivity index (χ4n) is 3.09. The number of nitrogens with zero attached hydrogens (tertiary/aromatic N) is 3. The van der Waals surface area contributed by atoms with Crippen LogP contribution in [0.2, 0.25) is 0 Å². The molecule has 0 bridgehead atoms. The fourth-order valence-corrected chi connectivity index (χ4v) is 4.73. The predicted molar refractivity (Wildman–Crippen MR) is 104 cm³/mol. The minimum absolute atomic E-state index is 0.136. The molecule has 1 aromatic heterocycles. The van der Waals surface area contributed by atoms with Crippen LogP contribution in [0.15, 0.2) is 71.9 Å². The van der Waals surface area contributed by atoms with Crippen molar-refractivity contribution in [3.05, 3.63) is 72.4 Å². The standard InChI is InChI=1S/C20H19N3O2S/c24-26(25)12-11-18(15-26)21-13-17-14-23(19-9-5-2-6-10-19)22-20(17)16-7-3-1-4-8-16/h1-10,13-14,18H,11-12,15H2. The van der Waals surface area contributed by atoms with Gasteiger partial charge in [-0.05, 0) is 18.6 Å². The Morgan fingerprint density at radius 2 is 1.73 bits per heavy atom. The van der Waals surface area contributed by atoms with E-state index in [-0.39, 0.29) is 17.5 Å². The summed E-state index contributed by atoms with van der Waals surface area (Å²) in [5.74, 6) is 0.362. The van der Waals surface area contributed by atoms with Crippen LogP contribution in [0, 0.1) is 0 Å². The highest BCUT2D eigenvalue weighted by atomic mass is 32.2. The Bertz CT molecular complexity index is 1030. The summed E-state index contributed by atoms with van der Waals surface area (Å²) in [5.41, 5.74) is 3.68. The zero-order chi connectivity index (χ0) is 18.0. The van der Waals surface area contributed by atoms with Crippen LogP contribution in [0.5, 0.6) is 0 Å². The average Bonchev–Trinajstić information content (AvgIpc) is 3.24. The van der Waals surface area contributed by atoms with Crippen molar-refractivity contribution in [3.63, 3.8) is 0 Å². The summed E-state index contributed by atoms with van der Waals surface area (Å²) in [6.45, 7) is 0. The van der Waals surface area contributed by atoms with Crippen molar-refractivity contribution in [2.45, 2.75) is 12.5 Å². The second-order valence-electron chi connectivity index (χ2n) is 6.41. The van der Waals surface area contributed by atoms with Crippen molar-refractivity contribution in [2.24, 2.45) is 4.99 Å². The Labute approximate surface area is 152 Å².